The molecule has 4 rings (SSSR count). The molecule has 0 aliphatic carbocycles. The monoisotopic (exact) mass is 373 g/mol. The van der Waals surface area contributed by atoms with Crippen molar-refractivity contribution in [3.05, 3.63) is 54.0 Å². The summed E-state index contributed by atoms with van der Waals surface area (Å²) in [7, 11) is 1.83. The van der Waals surface area contributed by atoms with Gasteiger partial charge in [0.15, 0.2) is 11.7 Å². The topological polar surface area (TPSA) is 74.8 Å². The molecule has 1 aliphatic rings. The standard InChI is InChI=1S/C22H23N5O/c1-15-9-11-27(12-10-15)20-8-7-16(14-24-20)21(28)17(13-23)22-25-18-5-3-4-6-19(18)26(22)2/h3-8,14-15,17H,9-12H2,1-2H3/t17-/m0/s1. The molecule has 0 saturated carbocycles. The predicted molar refractivity (Wildman–Crippen MR) is 108 cm³/mol. The Balaban J connectivity index is 1.58. The first kappa shape index (κ1) is 18.2. The number of piperidine rings is 1. The summed E-state index contributed by atoms with van der Waals surface area (Å²) in [6.07, 6.45) is 3.90. The normalized spacial score (nSPS) is 16.1. The van der Waals surface area contributed by atoms with Gasteiger partial charge in [0, 0.05) is 31.9 Å². The van der Waals surface area contributed by atoms with Crippen molar-refractivity contribution in [2.45, 2.75) is 25.7 Å². The van der Waals surface area contributed by atoms with Gasteiger partial charge in [-0.25, -0.2) is 9.97 Å². The first-order valence-corrected chi connectivity index (χ1v) is 9.64. The molecule has 1 fully saturated rings. The van der Waals surface area contributed by atoms with Crippen LogP contribution in [-0.2, 0) is 7.05 Å². The van der Waals surface area contributed by atoms with Crippen LogP contribution in [0.25, 0.3) is 11.0 Å². The van der Waals surface area contributed by atoms with E-state index in [-0.39, 0.29) is 5.78 Å². The van der Waals surface area contributed by atoms with E-state index >= 15 is 0 Å². The van der Waals surface area contributed by atoms with Crippen molar-refractivity contribution in [1.82, 2.24) is 14.5 Å². The van der Waals surface area contributed by atoms with Crippen LogP contribution >= 0.6 is 0 Å². The van der Waals surface area contributed by atoms with Gasteiger partial charge in [-0.3, -0.25) is 4.79 Å². The molecule has 3 aromatic rings. The molecule has 0 radical (unpaired) electrons. The number of aryl methyl sites for hydroxylation is 1. The molecular weight excluding hydrogens is 350 g/mol. The minimum absolute atomic E-state index is 0.271. The van der Waals surface area contributed by atoms with Crippen LogP contribution in [0, 0.1) is 17.2 Å². The van der Waals surface area contributed by atoms with E-state index in [0.29, 0.717) is 11.4 Å². The molecule has 28 heavy (non-hydrogen) atoms. The Kier molecular flexibility index (Phi) is 4.82. The molecule has 2 aromatic heterocycles. The minimum atomic E-state index is -0.958. The van der Waals surface area contributed by atoms with Crippen LogP contribution in [0.15, 0.2) is 42.6 Å². The molecule has 1 aliphatic heterocycles. The number of anilines is 1. The Labute approximate surface area is 164 Å². The summed E-state index contributed by atoms with van der Waals surface area (Å²) in [5, 5.41) is 9.69. The number of Topliss-reactive ketones (excluding diaryl/α,β-unsaturated/α-hetero) is 1. The van der Waals surface area contributed by atoms with Crippen LogP contribution < -0.4 is 4.90 Å². The van der Waals surface area contributed by atoms with E-state index in [1.54, 1.807) is 12.3 Å². The number of nitriles is 1. The molecule has 0 N–H and O–H groups in total. The van der Waals surface area contributed by atoms with E-state index in [9.17, 15) is 10.1 Å². The number of benzene rings is 1. The number of nitrogens with zero attached hydrogens (tertiary/aromatic N) is 5. The molecule has 6 nitrogen and oxygen atoms in total. The van der Waals surface area contributed by atoms with E-state index in [1.165, 1.54) is 0 Å². The molecule has 1 atom stereocenters. The number of hydrogen-bond donors (Lipinski definition) is 0. The van der Waals surface area contributed by atoms with Crippen molar-refractivity contribution in [3.8, 4) is 6.07 Å². The maximum atomic E-state index is 13.0. The van der Waals surface area contributed by atoms with Gasteiger partial charge in [-0.2, -0.15) is 5.26 Å². The van der Waals surface area contributed by atoms with E-state index in [1.807, 2.05) is 41.9 Å². The number of rotatable bonds is 4. The van der Waals surface area contributed by atoms with Crippen molar-refractivity contribution in [2.75, 3.05) is 18.0 Å². The number of pyridine rings is 1. The number of hydrogen-bond acceptors (Lipinski definition) is 5. The fourth-order valence-corrected chi connectivity index (χ4v) is 3.78. The summed E-state index contributed by atoms with van der Waals surface area (Å²) in [6.45, 7) is 4.25. The lowest BCUT2D eigenvalue weighted by atomic mass is 9.98. The third kappa shape index (κ3) is 3.24. The highest BCUT2D eigenvalue weighted by Gasteiger charge is 2.27. The van der Waals surface area contributed by atoms with Crippen LogP contribution in [0.4, 0.5) is 5.82 Å². The van der Waals surface area contributed by atoms with Crippen LogP contribution in [-0.4, -0.2) is 33.4 Å². The SMILES string of the molecule is CC1CCN(c2ccc(C(=O)[C@H](C#N)c3nc4ccccc4n3C)cn2)CC1. The van der Waals surface area contributed by atoms with Gasteiger partial charge >= 0.3 is 0 Å². The number of carbonyl (C=O) groups is 1. The van der Waals surface area contributed by atoms with E-state index in [0.717, 1.165) is 48.7 Å². The van der Waals surface area contributed by atoms with E-state index in [2.05, 4.69) is 27.9 Å². The summed E-state index contributed by atoms with van der Waals surface area (Å²) in [5.74, 6) is 0.873. The number of carbonyl (C=O) groups excluding carboxylic acids is 1. The van der Waals surface area contributed by atoms with Crippen molar-refractivity contribution in [2.24, 2.45) is 13.0 Å². The molecule has 1 aromatic carbocycles. The summed E-state index contributed by atoms with van der Waals surface area (Å²) in [6, 6.07) is 13.4. The average Bonchev–Trinajstić information content (AvgIpc) is 3.06. The van der Waals surface area contributed by atoms with Crippen molar-refractivity contribution in [1.29, 1.82) is 5.26 Å². The molecule has 0 spiro atoms. The highest BCUT2D eigenvalue weighted by atomic mass is 16.1. The quantitative estimate of drug-likeness (QED) is 0.652. The summed E-state index contributed by atoms with van der Waals surface area (Å²) >= 11 is 0. The van der Waals surface area contributed by atoms with E-state index < -0.39 is 5.92 Å². The van der Waals surface area contributed by atoms with Crippen LogP contribution in [0.3, 0.4) is 0 Å². The predicted octanol–water partition coefficient (Wildman–Crippen LogP) is 3.69. The second-order valence-corrected chi connectivity index (χ2v) is 7.52. The zero-order chi connectivity index (χ0) is 19.7. The highest BCUT2D eigenvalue weighted by molar-refractivity contribution is 6.02. The lowest BCUT2D eigenvalue weighted by Crippen LogP contribution is -2.33. The minimum Gasteiger partial charge on any atom is -0.357 e. The van der Waals surface area contributed by atoms with Crippen molar-refractivity contribution < 1.29 is 4.79 Å². The fourth-order valence-electron chi connectivity index (χ4n) is 3.78. The maximum absolute atomic E-state index is 13.0. The highest BCUT2D eigenvalue weighted by Crippen LogP contribution is 2.25. The fraction of sp³-hybridized carbons (Fsp3) is 0.364. The Morgan fingerprint density at radius 2 is 1.96 bits per heavy atom. The van der Waals surface area contributed by atoms with Gasteiger partial charge in [-0.15, -0.1) is 0 Å². The van der Waals surface area contributed by atoms with Crippen molar-refractivity contribution in [3.63, 3.8) is 0 Å². The van der Waals surface area contributed by atoms with Gasteiger partial charge in [-0.05, 0) is 43.0 Å². The van der Waals surface area contributed by atoms with Crippen molar-refractivity contribution >= 4 is 22.6 Å². The van der Waals surface area contributed by atoms with Gasteiger partial charge in [0.25, 0.3) is 0 Å². The second kappa shape index (κ2) is 7.43. The van der Waals surface area contributed by atoms with Crippen LogP contribution in [0.5, 0.6) is 0 Å². The number of para-hydroxylation sites is 2. The smallest absolute Gasteiger partial charge is 0.189 e. The third-order valence-corrected chi connectivity index (χ3v) is 5.61. The molecule has 0 bridgehead atoms. The number of aromatic nitrogens is 3. The van der Waals surface area contributed by atoms with Crippen LogP contribution in [0.1, 0.15) is 41.9 Å². The van der Waals surface area contributed by atoms with Gasteiger partial charge in [0.2, 0.25) is 0 Å². The molecule has 1 saturated heterocycles. The zero-order valence-corrected chi connectivity index (χ0v) is 16.2. The van der Waals surface area contributed by atoms with Gasteiger partial charge in [0.1, 0.15) is 11.6 Å². The number of fused-ring (bicyclic) bond motifs is 1. The molecule has 3 heterocycles. The first-order chi connectivity index (χ1) is 13.6. The molecule has 0 amide bonds. The average molecular weight is 373 g/mol. The van der Waals surface area contributed by atoms with E-state index in [4.69, 9.17) is 0 Å². The summed E-state index contributed by atoms with van der Waals surface area (Å²) in [5.41, 5.74) is 2.12. The Morgan fingerprint density at radius 3 is 2.61 bits per heavy atom. The molecular formula is C22H23N5O. The van der Waals surface area contributed by atoms with Crippen LogP contribution in [0.2, 0.25) is 0 Å². The first-order valence-electron chi connectivity index (χ1n) is 9.64. The lowest BCUT2D eigenvalue weighted by Gasteiger charge is -2.31. The Hall–Kier alpha value is -3.20. The summed E-state index contributed by atoms with van der Waals surface area (Å²) in [4.78, 5) is 24.3. The largest absolute Gasteiger partial charge is 0.357 e. The number of imidazole rings is 1. The Morgan fingerprint density at radius 1 is 1.21 bits per heavy atom. The zero-order valence-electron chi connectivity index (χ0n) is 16.2. The third-order valence-electron chi connectivity index (χ3n) is 5.61. The van der Waals surface area contributed by atoms with Gasteiger partial charge in [-0.1, -0.05) is 19.1 Å². The van der Waals surface area contributed by atoms with Gasteiger partial charge < -0.3 is 9.47 Å². The molecule has 142 valence electrons. The second-order valence-electron chi connectivity index (χ2n) is 7.52. The summed E-state index contributed by atoms with van der Waals surface area (Å²) < 4.78 is 1.82. The lowest BCUT2D eigenvalue weighted by molar-refractivity contribution is 0.0975. The van der Waals surface area contributed by atoms with Gasteiger partial charge in [0.05, 0.1) is 17.1 Å². The Bertz CT molecular complexity index is 1040. The maximum Gasteiger partial charge on any atom is 0.189 e. The number of ketones is 1. The molecule has 0 unspecified atom stereocenters. The molecule has 6 heteroatoms.